The van der Waals surface area contributed by atoms with Gasteiger partial charge in [0.1, 0.15) is 36.8 Å². The molecule has 2 saturated heterocycles. The minimum absolute atomic E-state index is 0.100. The van der Waals surface area contributed by atoms with Crippen LogP contribution in [0.2, 0.25) is 0 Å². The lowest BCUT2D eigenvalue weighted by Crippen LogP contribution is -2.63. The van der Waals surface area contributed by atoms with E-state index in [2.05, 4.69) is 4.98 Å². The molecule has 2 fully saturated rings. The van der Waals surface area contributed by atoms with Crippen LogP contribution in [-0.4, -0.2) is 106 Å². The lowest BCUT2D eigenvalue weighted by Gasteiger charge is -2.43. The van der Waals surface area contributed by atoms with Crippen molar-refractivity contribution in [2.24, 2.45) is 0 Å². The average molecular weight is 681 g/mol. The van der Waals surface area contributed by atoms with Gasteiger partial charge in [-0.25, -0.2) is 4.79 Å². The zero-order valence-electron chi connectivity index (χ0n) is 26.3. The highest BCUT2D eigenvalue weighted by atomic mass is 16.7. The molecule has 0 radical (unpaired) electrons. The number of aromatic amines is 1. The number of aliphatic hydroxyl groups is 2. The van der Waals surface area contributed by atoms with E-state index in [0.717, 1.165) is 38.3 Å². The Hall–Kier alpha value is -4.62. The van der Waals surface area contributed by atoms with Crippen LogP contribution < -0.4 is 16.0 Å². The Morgan fingerprint density at radius 2 is 1.44 bits per heavy atom. The maximum absolute atomic E-state index is 12.4. The van der Waals surface area contributed by atoms with E-state index in [1.165, 1.54) is 18.3 Å². The standard InChI is InChI=1S/C30H36N2O16/c1-14(34)41-13-21-24(43-15(2)35)26(44-16(3)36)27(45-17(4)37)29(48-21)46-19-7-5-18(6-8-19)12-42-25-23(39)20(11-33)47-28(25)32-10-9-22(38)31-30(32)40/h5-10,20-21,23-29,33,39H,11-13H2,1-4H3,(H,31,38,40)/t20-,21?,23?,24?,25?,26?,27?,28-,29?/m1/s1. The smallest absolute Gasteiger partial charge is 0.330 e. The maximum atomic E-state index is 12.4. The molecular weight excluding hydrogens is 644 g/mol. The van der Waals surface area contributed by atoms with Crippen molar-refractivity contribution in [2.75, 3.05) is 13.2 Å². The van der Waals surface area contributed by atoms with Gasteiger partial charge in [-0.15, -0.1) is 0 Å². The highest BCUT2D eigenvalue weighted by molar-refractivity contribution is 5.68. The molecule has 0 saturated carbocycles. The third kappa shape index (κ3) is 9.04. The van der Waals surface area contributed by atoms with E-state index in [4.69, 9.17) is 37.9 Å². The van der Waals surface area contributed by atoms with Crippen molar-refractivity contribution >= 4 is 23.9 Å². The number of benzene rings is 1. The molecule has 2 aromatic rings. The zero-order chi connectivity index (χ0) is 35.1. The van der Waals surface area contributed by atoms with Crippen LogP contribution in [0.1, 0.15) is 39.5 Å². The molecule has 2 aliphatic rings. The van der Waals surface area contributed by atoms with E-state index >= 15 is 0 Å². The summed E-state index contributed by atoms with van der Waals surface area (Å²) in [7, 11) is 0. The van der Waals surface area contributed by atoms with Gasteiger partial charge in [-0.2, -0.15) is 0 Å². The SMILES string of the molecule is CC(=O)OCC1OC(Oc2ccc(COC3C(O)[C@@H](CO)O[C@H]3n3ccc(=O)[nH]c3=O)cc2)C(OC(C)=O)C(OC(C)=O)C1OC(C)=O. The van der Waals surface area contributed by atoms with Gasteiger partial charge in [-0.1, -0.05) is 12.1 Å². The number of hydrogen-bond acceptors (Lipinski definition) is 16. The molecule has 18 nitrogen and oxygen atoms in total. The van der Waals surface area contributed by atoms with Crippen molar-refractivity contribution in [1.29, 1.82) is 0 Å². The van der Waals surface area contributed by atoms with E-state index in [9.17, 15) is 39.0 Å². The van der Waals surface area contributed by atoms with Crippen molar-refractivity contribution in [3.63, 3.8) is 0 Å². The molecule has 0 bridgehead atoms. The van der Waals surface area contributed by atoms with Gasteiger partial charge in [0, 0.05) is 40.0 Å². The lowest BCUT2D eigenvalue weighted by molar-refractivity contribution is -0.288. The molecule has 4 rings (SSSR count). The molecule has 18 heteroatoms. The van der Waals surface area contributed by atoms with E-state index < -0.39 is 104 Å². The minimum atomic E-state index is -1.44. The molecule has 262 valence electrons. The summed E-state index contributed by atoms with van der Waals surface area (Å²) >= 11 is 0. The van der Waals surface area contributed by atoms with Crippen molar-refractivity contribution in [1.82, 2.24) is 9.55 Å². The first kappa shape index (κ1) is 36.2. The molecule has 0 aliphatic carbocycles. The lowest BCUT2D eigenvalue weighted by atomic mass is 9.98. The molecule has 0 amide bonds. The normalized spacial score (nSPS) is 28.2. The molecule has 7 unspecified atom stereocenters. The Morgan fingerprint density at radius 1 is 0.812 bits per heavy atom. The number of aliphatic hydroxyl groups excluding tert-OH is 2. The van der Waals surface area contributed by atoms with Crippen LogP contribution >= 0.6 is 0 Å². The second-order valence-corrected chi connectivity index (χ2v) is 10.9. The summed E-state index contributed by atoms with van der Waals surface area (Å²) in [5.41, 5.74) is -0.858. The van der Waals surface area contributed by atoms with Crippen LogP contribution in [0.15, 0.2) is 46.1 Å². The summed E-state index contributed by atoms with van der Waals surface area (Å²) in [6.07, 6.45) is -10.3. The number of rotatable bonds is 12. The number of aromatic nitrogens is 2. The number of carbonyl (C=O) groups is 4. The molecule has 2 aliphatic heterocycles. The van der Waals surface area contributed by atoms with E-state index in [0.29, 0.717) is 5.56 Å². The van der Waals surface area contributed by atoms with Crippen molar-refractivity contribution in [2.45, 2.75) is 89.5 Å². The molecule has 3 heterocycles. The average Bonchev–Trinajstić information content (AvgIpc) is 3.32. The van der Waals surface area contributed by atoms with Gasteiger partial charge in [0.2, 0.25) is 12.4 Å². The number of nitrogens with zero attached hydrogens (tertiary/aromatic N) is 1. The summed E-state index contributed by atoms with van der Waals surface area (Å²) < 4.78 is 45.7. The second-order valence-electron chi connectivity index (χ2n) is 10.9. The third-order valence-electron chi connectivity index (χ3n) is 7.18. The second kappa shape index (κ2) is 16.0. The van der Waals surface area contributed by atoms with Crippen molar-refractivity contribution < 1.29 is 67.3 Å². The first-order valence-corrected chi connectivity index (χ1v) is 14.7. The minimum Gasteiger partial charge on any atom is -0.463 e. The quantitative estimate of drug-likeness (QED) is 0.177. The number of carbonyl (C=O) groups excluding carboxylic acids is 4. The molecule has 1 aromatic heterocycles. The summed E-state index contributed by atoms with van der Waals surface area (Å²) in [4.78, 5) is 73.6. The van der Waals surface area contributed by atoms with Gasteiger partial charge in [0.05, 0.1) is 13.2 Å². The van der Waals surface area contributed by atoms with Gasteiger partial charge < -0.3 is 48.1 Å². The third-order valence-corrected chi connectivity index (χ3v) is 7.18. The van der Waals surface area contributed by atoms with Crippen LogP contribution in [0.25, 0.3) is 0 Å². The first-order valence-electron chi connectivity index (χ1n) is 14.7. The van der Waals surface area contributed by atoms with Crippen LogP contribution in [0.5, 0.6) is 5.75 Å². The topological polar surface area (TPSA) is 237 Å². The first-order chi connectivity index (χ1) is 22.8. The largest absolute Gasteiger partial charge is 0.463 e. The Morgan fingerprint density at radius 3 is 2.02 bits per heavy atom. The van der Waals surface area contributed by atoms with E-state index in [-0.39, 0.29) is 12.4 Å². The van der Waals surface area contributed by atoms with Crippen LogP contribution in [0, 0.1) is 0 Å². The van der Waals surface area contributed by atoms with Crippen molar-refractivity contribution in [3.8, 4) is 5.75 Å². The highest BCUT2D eigenvalue weighted by Crippen LogP contribution is 2.33. The predicted octanol–water partition coefficient (Wildman–Crippen LogP) is -1.17. The molecular formula is C30H36N2O16. The predicted molar refractivity (Wildman–Crippen MR) is 156 cm³/mol. The van der Waals surface area contributed by atoms with Crippen LogP contribution in [-0.2, 0) is 58.9 Å². The molecule has 48 heavy (non-hydrogen) atoms. The number of ether oxygens (including phenoxy) is 8. The van der Waals surface area contributed by atoms with E-state index in [1.807, 2.05) is 0 Å². The van der Waals surface area contributed by atoms with Crippen molar-refractivity contribution in [3.05, 3.63) is 62.9 Å². The van der Waals surface area contributed by atoms with Gasteiger partial charge in [0.25, 0.3) is 5.56 Å². The number of H-pyrrole nitrogens is 1. The zero-order valence-corrected chi connectivity index (χ0v) is 26.3. The van der Waals surface area contributed by atoms with Gasteiger partial charge in [-0.05, 0) is 17.7 Å². The fourth-order valence-corrected chi connectivity index (χ4v) is 5.18. The Kier molecular flexibility index (Phi) is 12.1. The van der Waals surface area contributed by atoms with Crippen LogP contribution in [0.4, 0.5) is 0 Å². The Labute approximate surface area is 272 Å². The number of hydrogen-bond donors (Lipinski definition) is 3. The number of nitrogens with one attached hydrogen (secondary N) is 1. The highest BCUT2D eigenvalue weighted by Gasteiger charge is 2.53. The number of esters is 4. The summed E-state index contributed by atoms with van der Waals surface area (Å²) in [5, 5.41) is 20.3. The molecule has 9 atom stereocenters. The Bertz CT molecular complexity index is 1570. The summed E-state index contributed by atoms with van der Waals surface area (Å²) in [6.45, 7) is 3.40. The van der Waals surface area contributed by atoms with Gasteiger partial charge in [0.15, 0.2) is 18.4 Å². The van der Waals surface area contributed by atoms with Gasteiger partial charge >= 0.3 is 29.6 Å². The maximum Gasteiger partial charge on any atom is 0.330 e. The van der Waals surface area contributed by atoms with E-state index in [1.54, 1.807) is 12.1 Å². The van der Waals surface area contributed by atoms with Gasteiger partial charge in [-0.3, -0.25) is 33.5 Å². The van der Waals surface area contributed by atoms with Crippen LogP contribution in [0.3, 0.4) is 0 Å². The fourth-order valence-electron chi connectivity index (χ4n) is 5.18. The molecule has 1 aromatic carbocycles. The summed E-state index contributed by atoms with van der Waals surface area (Å²) in [5.74, 6) is -2.83. The Balaban J connectivity index is 1.53. The monoisotopic (exact) mass is 680 g/mol. The summed E-state index contributed by atoms with van der Waals surface area (Å²) in [6, 6.07) is 7.30. The molecule has 3 N–H and O–H groups in total. The molecule has 0 spiro atoms. The fraction of sp³-hybridized carbons (Fsp3) is 0.533.